The molecule has 1 aromatic heterocycles. The minimum atomic E-state index is -0.930. The normalized spacial score (nSPS) is 23.1. The molecule has 4 aliphatic rings. The van der Waals surface area contributed by atoms with Gasteiger partial charge in [-0.3, -0.25) is 4.90 Å². The van der Waals surface area contributed by atoms with E-state index in [0.717, 1.165) is 37.6 Å². The first-order chi connectivity index (χ1) is 25.8. The number of alkyl halides is 1. The lowest BCUT2D eigenvalue weighted by Crippen LogP contribution is -2.56. The van der Waals surface area contributed by atoms with E-state index in [0.29, 0.717) is 63.5 Å². The molecule has 14 heteroatoms. The van der Waals surface area contributed by atoms with Crippen LogP contribution in [-0.2, 0) is 4.74 Å². The Morgan fingerprint density at radius 3 is 2.69 bits per heavy atom. The van der Waals surface area contributed by atoms with Crippen LogP contribution in [0.5, 0.6) is 11.8 Å². The van der Waals surface area contributed by atoms with Gasteiger partial charge in [-0.2, -0.15) is 15.2 Å². The van der Waals surface area contributed by atoms with Crippen molar-refractivity contribution in [3.05, 3.63) is 52.3 Å². The minimum Gasteiger partial charge on any atom is -0.487 e. The molecule has 3 saturated heterocycles. The van der Waals surface area contributed by atoms with Crippen molar-refractivity contribution in [1.82, 2.24) is 19.8 Å². The number of benzene rings is 3. The first-order valence-corrected chi connectivity index (χ1v) is 19.3. The maximum absolute atomic E-state index is 15.0. The quantitative estimate of drug-likeness (QED) is 0.174. The standard InChI is InChI=1S/C40H42Cl2F2N6O4/c1-39(2,3)54-38(51)50-17-16-48(21-25(50)12-14-45)36-28-18-29(41)32(27-7-4-6-23-8-11-30(44)33(42)31(23)27)35(53-26-9-10-26)34(28)46-37(47-36)52-22-40-13-5-15-49(40)20-24(43)19-40/h4,6-8,11,18,24-26H,5,9-10,12-13,15-17,19-22H2,1-3H3/t24-,25+,40+/m1/s1. The smallest absolute Gasteiger partial charge is 0.410 e. The zero-order valence-electron chi connectivity index (χ0n) is 30.5. The second-order valence-corrected chi connectivity index (χ2v) is 16.7. The molecule has 0 radical (unpaired) electrons. The molecule has 0 N–H and O–H groups in total. The molecule has 4 heterocycles. The molecular weight excluding hydrogens is 737 g/mol. The van der Waals surface area contributed by atoms with Crippen LogP contribution in [0.3, 0.4) is 0 Å². The van der Waals surface area contributed by atoms with E-state index in [4.69, 9.17) is 47.4 Å². The summed E-state index contributed by atoms with van der Waals surface area (Å²) in [5, 5.41) is 11.9. The van der Waals surface area contributed by atoms with Crippen molar-refractivity contribution in [1.29, 1.82) is 5.26 Å². The van der Waals surface area contributed by atoms with Gasteiger partial charge >= 0.3 is 12.1 Å². The van der Waals surface area contributed by atoms with Gasteiger partial charge in [-0.15, -0.1) is 0 Å². The third kappa shape index (κ3) is 6.95. The minimum absolute atomic E-state index is 0.0291. The van der Waals surface area contributed by atoms with Gasteiger partial charge in [0.1, 0.15) is 35.5 Å². The highest BCUT2D eigenvalue weighted by Crippen LogP contribution is 2.49. The predicted octanol–water partition coefficient (Wildman–Crippen LogP) is 8.73. The number of piperazine rings is 1. The zero-order valence-corrected chi connectivity index (χ0v) is 32.0. The van der Waals surface area contributed by atoms with E-state index in [1.165, 1.54) is 6.07 Å². The highest BCUT2D eigenvalue weighted by atomic mass is 35.5. The first kappa shape index (κ1) is 36.8. The Balaban J connectivity index is 1.28. The average molecular weight is 780 g/mol. The first-order valence-electron chi connectivity index (χ1n) is 18.6. The van der Waals surface area contributed by atoms with Crippen molar-refractivity contribution in [3.63, 3.8) is 0 Å². The van der Waals surface area contributed by atoms with Crippen molar-refractivity contribution in [2.24, 2.45) is 0 Å². The molecule has 1 aliphatic carbocycles. The van der Waals surface area contributed by atoms with Crippen LogP contribution in [0.2, 0.25) is 10.0 Å². The Labute approximate surface area is 322 Å². The number of hydrogen-bond donors (Lipinski definition) is 0. The lowest BCUT2D eigenvalue weighted by molar-refractivity contribution is 0.0145. The van der Waals surface area contributed by atoms with Gasteiger partial charge < -0.3 is 24.0 Å². The van der Waals surface area contributed by atoms with Gasteiger partial charge in [0.25, 0.3) is 0 Å². The van der Waals surface area contributed by atoms with Gasteiger partial charge in [-0.25, -0.2) is 13.6 Å². The highest BCUT2D eigenvalue weighted by molar-refractivity contribution is 6.39. The van der Waals surface area contributed by atoms with Crippen LogP contribution < -0.4 is 14.4 Å². The fourth-order valence-corrected chi connectivity index (χ4v) is 8.82. The summed E-state index contributed by atoms with van der Waals surface area (Å²) in [4.78, 5) is 29.0. The second-order valence-electron chi connectivity index (χ2n) is 15.9. The van der Waals surface area contributed by atoms with E-state index in [9.17, 15) is 18.8 Å². The van der Waals surface area contributed by atoms with Crippen LogP contribution in [0.1, 0.15) is 59.3 Å². The van der Waals surface area contributed by atoms with Crippen LogP contribution in [0.25, 0.3) is 32.8 Å². The summed E-state index contributed by atoms with van der Waals surface area (Å²) in [5.41, 5.74) is 0.383. The topological polar surface area (TPSA) is 104 Å². The average Bonchev–Trinajstić information content (AvgIpc) is 3.78. The fourth-order valence-electron chi connectivity index (χ4n) is 8.25. The van der Waals surface area contributed by atoms with Gasteiger partial charge in [0.15, 0.2) is 5.75 Å². The molecule has 8 rings (SSSR count). The van der Waals surface area contributed by atoms with Crippen LogP contribution in [0.4, 0.5) is 19.4 Å². The van der Waals surface area contributed by atoms with Crippen molar-refractivity contribution in [3.8, 4) is 29.0 Å². The number of ether oxygens (including phenoxy) is 3. The zero-order chi connectivity index (χ0) is 37.9. The Hall–Kier alpha value is -4.18. The number of amides is 1. The summed E-state index contributed by atoms with van der Waals surface area (Å²) >= 11 is 13.9. The van der Waals surface area contributed by atoms with E-state index >= 15 is 0 Å². The summed E-state index contributed by atoms with van der Waals surface area (Å²) in [6, 6.07) is 12.2. The molecule has 4 fully saturated rings. The lowest BCUT2D eigenvalue weighted by Gasteiger charge is -2.41. The number of hydrogen-bond acceptors (Lipinski definition) is 9. The molecule has 284 valence electrons. The van der Waals surface area contributed by atoms with Crippen LogP contribution in [0.15, 0.2) is 36.4 Å². The van der Waals surface area contributed by atoms with E-state index in [-0.39, 0.29) is 43.3 Å². The van der Waals surface area contributed by atoms with Crippen LogP contribution in [0, 0.1) is 17.1 Å². The fraction of sp³-hybridized carbons (Fsp3) is 0.500. The van der Waals surface area contributed by atoms with Crippen LogP contribution in [-0.4, -0.2) is 94.6 Å². The molecule has 1 saturated carbocycles. The summed E-state index contributed by atoms with van der Waals surface area (Å²) in [6.45, 7) is 7.73. The van der Waals surface area contributed by atoms with Crippen LogP contribution >= 0.6 is 23.2 Å². The van der Waals surface area contributed by atoms with E-state index < -0.39 is 35.3 Å². The van der Waals surface area contributed by atoms with E-state index in [1.54, 1.807) is 37.8 Å². The van der Waals surface area contributed by atoms with E-state index in [2.05, 4.69) is 11.0 Å². The molecule has 3 aromatic carbocycles. The lowest BCUT2D eigenvalue weighted by atomic mass is 9.95. The summed E-state index contributed by atoms with van der Waals surface area (Å²) in [6.07, 6.45) is 2.39. The van der Waals surface area contributed by atoms with Crippen molar-refractivity contribution in [2.75, 3.05) is 44.2 Å². The molecule has 0 bridgehead atoms. The molecule has 54 heavy (non-hydrogen) atoms. The number of carbonyl (C=O) groups excluding carboxylic acids is 1. The van der Waals surface area contributed by atoms with Gasteiger partial charge in [0, 0.05) is 48.9 Å². The van der Waals surface area contributed by atoms with Crippen molar-refractivity contribution < 1.29 is 27.8 Å². The van der Waals surface area contributed by atoms with Gasteiger partial charge in [-0.05, 0) is 76.1 Å². The van der Waals surface area contributed by atoms with E-state index in [1.807, 2.05) is 23.1 Å². The molecule has 0 unspecified atom stereocenters. The third-order valence-corrected chi connectivity index (χ3v) is 11.5. The monoisotopic (exact) mass is 778 g/mol. The number of carbonyl (C=O) groups is 1. The SMILES string of the molecule is CC(C)(C)OC(=O)N1CCN(c2nc(OC[C@@]34CCCN3C[C@H](F)C4)nc3c(OC4CC4)c(-c4cccc5ccc(F)c(Cl)c45)c(Cl)cc23)C[C@@H]1CC#N. The third-order valence-electron chi connectivity index (χ3n) is 10.8. The maximum atomic E-state index is 15.0. The molecule has 4 aromatic rings. The molecule has 0 spiro atoms. The number of nitriles is 1. The number of fused-ring (bicyclic) bond motifs is 3. The molecule has 10 nitrogen and oxygen atoms in total. The van der Waals surface area contributed by atoms with Gasteiger partial charge in [0.05, 0.1) is 40.2 Å². The molecule has 3 atom stereocenters. The Kier molecular flexibility index (Phi) is 9.64. The number of rotatable bonds is 8. The number of nitrogens with zero attached hydrogens (tertiary/aromatic N) is 6. The van der Waals surface area contributed by atoms with Gasteiger partial charge in [0.2, 0.25) is 0 Å². The Morgan fingerprint density at radius 1 is 1.11 bits per heavy atom. The Bertz CT molecular complexity index is 2180. The van der Waals surface area contributed by atoms with Gasteiger partial charge in [-0.1, -0.05) is 47.5 Å². The number of anilines is 1. The summed E-state index contributed by atoms with van der Waals surface area (Å²) in [5.74, 6) is 0.333. The molecular formula is C40H42Cl2F2N6O4. The summed E-state index contributed by atoms with van der Waals surface area (Å²) in [7, 11) is 0. The Morgan fingerprint density at radius 2 is 1.93 bits per heavy atom. The number of aromatic nitrogens is 2. The predicted molar refractivity (Wildman–Crippen MR) is 204 cm³/mol. The van der Waals surface area contributed by atoms with Crippen molar-refractivity contribution >= 4 is 56.8 Å². The largest absolute Gasteiger partial charge is 0.487 e. The molecule has 3 aliphatic heterocycles. The molecule has 1 amide bonds. The highest BCUT2D eigenvalue weighted by Gasteiger charge is 2.49. The summed E-state index contributed by atoms with van der Waals surface area (Å²) < 4.78 is 48.6. The van der Waals surface area contributed by atoms with Crippen molar-refractivity contribution in [2.45, 2.75) is 88.8 Å². The maximum Gasteiger partial charge on any atom is 0.410 e. The second kappa shape index (κ2) is 14.2. The number of halogens is 4.